The number of benzene rings is 2. The van der Waals surface area contributed by atoms with E-state index in [0.717, 1.165) is 6.07 Å². The fourth-order valence-corrected chi connectivity index (χ4v) is 3.76. The first-order valence-corrected chi connectivity index (χ1v) is 8.46. The van der Waals surface area contributed by atoms with Gasteiger partial charge in [0.1, 0.15) is 4.90 Å². The number of hydrogen-bond acceptors (Lipinski definition) is 3. The second-order valence-corrected chi connectivity index (χ2v) is 7.39. The molecular weight excluding hydrogens is 406 g/mol. The monoisotopic (exact) mass is 412 g/mol. The van der Waals surface area contributed by atoms with Gasteiger partial charge >= 0.3 is 0 Å². The average molecular weight is 414 g/mol. The molecule has 0 bridgehead atoms. The Morgan fingerprint density at radius 3 is 2.52 bits per heavy atom. The molecule has 2 aromatic carbocycles. The molecule has 0 aliphatic carbocycles. The van der Waals surface area contributed by atoms with Gasteiger partial charge in [-0.15, -0.1) is 0 Å². The number of sulfonamides is 1. The van der Waals surface area contributed by atoms with Crippen LogP contribution in [0, 0.1) is 5.82 Å². The van der Waals surface area contributed by atoms with Gasteiger partial charge in [0.25, 0.3) is 10.0 Å². The minimum absolute atomic E-state index is 0.0436. The van der Waals surface area contributed by atoms with E-state index in [-0.39, 0.29) is 25.9 Å². The summed E-state index contributed by atoms with van der Waals surface area (Å²) in [4.78, 5) is -0.592. The minimum atomic E-state index is -4.21. The van der Waals surface area contributed by atoms with Crippen molar-refractivity contribution in [1.82, 2.24) is 0 Å². The molecule has 0 radical (unpaired) electrons. The van der Waals surface area contributed by atoms with Crippen molar-refractivity contribution in [1.29, 1.82) is 0 Å². The summed E-state index contributed by atoms with van der Waals surface area (Å²) < 4.78 is 40.6. The zero-order valence-electron chi connectivity index (χ0n) is 10.2. The maximum absolute atomic E-state index is 14.0. The Bertz CT molecular complexity index is 815. The second-order valence-electron chi connectivity index (χ2n) is 4.04. The van der Waals surface area contributed by atoms with Crippen molar-refractivity contribution >= 4 is 60.5 Å². The molecule has 21 heavy (non-hydrogen) atoms. The van der Waals surface area contributed by atoms with Gasteiger partial charge in [-0.05, 0) is 46.3 Å². The Labute approximate surface area is 139 Å². The molecule has 0 aromatic heterocycles. The van der Waals surface area contributed by atoms with E-state index < -0.39 is 20.7 Å². The van der Waals surface area contributed by atoms with Crippen LogP contribution in [0.2, 0.25) is 10.0 Å². The van der Waals surface area contributed by atoms with E-state index in [1.54, 1.807) is 0 Å². The van der Waals surface area contributed by atoms with Crippen molar-refractivity contribution < 1.29 is 12.8 Å². The number of halogens is 4. The van der Waals surface area contributed by atoms with Gasteiger partial charge in [-0.1, -0.05) is 23.2 Å². The van der Waals surface area contributed by atoms with Crippen molar-refractivity contribution in [2.45, 2.75) is 4.90 Å². The fraction of sp³-hybridized carbons (Fsp3) is 0. The maximum Gasteiger partial charge on any atom is 0.264 e. The van der Waals surface area contributed by atoms with E-state index in [1.165, 1.54) is 24.3 Å². The fourth-order valence-electron chi connectivity index (χ4n) is 1.55. The molecule has 9 heteroatoms. The van der Waals surface area contributed by atoms with Crippen LogP contribution in [-0.2, 0) is 10.0 Å². The molecule has 112 valence electrons. The van der Waals surface area contributed by atoms with E-state index in [0.29, 0.717) is 0 Å². The van der Waals surface area contributed by atoms with E-state index in [9.17, 15) is 12.8 Å². The Morgan fingerprint density at radius 1 is 1.19 bits per heavy atom. The van der Waals surface area contributed by atoms with Crippen LogP contribution in [0.1, 0.15) is 0 Å². The molecule has 4 nitrogen and oxygen atoms in total. The third-order valence-corrected chi connectivity index (χ3v) is 4.99. The Kier molecular flexibility index (Phi) is 4.67. The number of rotatable bonds is 3. The molecule has 2 rings (SSSR count). The summed E-state index contributed by atoms with van der Waals surface area (Å²) in [7, 11) is -4.21. The molecule has 3 N–H and O–H groups in total. The quantitative estimate of drug-likeness (QED) is 0.737. The highest BCUT2D eigenvalue weighted by molar-refractivity contribution is 9.10. The standard InChI is InChI=1S/C12H8BrCl2FN2O2S/c13-8-4-7(17)5-11(12(8)16)21(19,20)18-10-3-6(14)1-2-9(10)15/h1-5,18H,17H2. The van der Waals surface area contributed by atoms with Crippen LogP contribution in [0.25, 0.3) is 0 Å². The van der Waals surface area contributed by atoms with Crippen molar-refractivity contribution in [3.63, 3.8) is 0 Å². The first-order chi connectivity index (χ1) is 9.70. The number of nitrogens with one attached hydrogen (secondary N) is 1. The van der Waals surface area contributed by atoms with E-state index in [1.807, 2.05) is 0 Å². The molecule has 0 heterocycles. The summed E-state index contributed by atoms with van der Waals surface area (Å²) in [5.74, 6) is -0.949. The van der Waals surface area contributed by atoms with Crippen LogP contribution in [0.5, 0.6) is 0 Å². The molecule has 0 unspecified atom stereocenters. The number of nitrogen functional groups attached to an aromatic ring is 1. The molecule has 2 aromatic rings. The van der Waals surface area contributed by atoms with E-state index >= 15 is 0 Å². The van der Waals surface area contributed by atoms with Gasteiger partial charge in [-0.2, -0.15) is 0 Å². The van der Waals surface area contributed by atoms with Crippen LogP contribution in [0.4, 0.5) is 15.8 Å². The average Bonchev–Trinajstić information content (AvgIpc) is 2.37. The van der Waals surface area contributed by atoms with Crippen molar-refractivity contribution in [2.75, 3.05) is 10.5 Å². The minimum Gasteiger partial charge on any atom is -0.399 e. The number of hydrogen-bond donors (Lipinski definition) is 2. The summed E-state index contributed by atoms with van der Waals surface area (Å²) in [6, 6.07) is 6.52. The summed E-state index contributed by atoms with van der Waals surface area (Å²) in [6.45, 7) is 0. The molecule has 0 atom stereocenters. The normalized spacial score (nSPS) is 11.4. The predicted molar refractivity (Wildman–Crippen MR) is 85.8 cm³/mol. The molecule has 0 fully saturated rings. The zero-order chi connectivity index (χ0) is 15.8. The largest absolute Gasteiger partial charge is 0.399 e. The van der Waals surface area contributed by atoms with Crippen molar-refractivity contribution in [3.8, 4) is 0 Å². The molecule has 0 spiro atoms. The zero-order valence-corrected chi connectivity index (χ0v) is 14.1. The third kappa shape index (κ3) is 3.60. The van der Waals surface area contributed by atoms with Gasteiger partial charge in [0, 0.05) is 10.7 Å². The van der Waals surface area contributed by atoms with Crippen LogP contribution in [0.3, 0.4) is 0 Å². The molecule has 0 aliphatic heterocycles. The Morgan fingerprint density at radius 2 is 1.86 bits per heavy atom. The van der Waals surface area contributed by atoms with Crippen LogP contribution in [-0.4, -0.2) is 8.42 Å². The van der Waals surface area contributed by atoms with Crippen molar-refractivity contribution in [2.24, 2.45) is 0 Å². The van der Waals surface area contributed by atoms with Gasteiger partial charge in [0.05, 0.1) is 15.2 Å². The van der Waals surface area contributed by atoms with Crippen LogP contribution < -0.4 is 10.5 Å². The summed E-state index contributed by atoms with van der Waals surface area (Å²) in [6.07, 6.45) is 0. The topological polar surface area (TPSA) is 72.2 Å². The van der Waals surface area contributed by atoms with Gasteiger partial charge in [0.15, 0.2) is 5.82 Å². The third-order valence-electron chi connectivity index (χ3n) is 2.48. The summed E-state index contributed by atoms with van der Waals surface area (Å²) >= 11 is 14.6. The van der Waals surface area contributed by atoms with Gasteiger partial charge < -0.3 is 5.73 Å². The Balaban J connectivity index is 2.51. The highest BCUT2D eigenvalue weighted by Crippen LogP contribution is 2.31. The number of anilines is 2. The lowest BCUT2D eigenvalue weighted by molar-refractivity contribution is 0.567. The summed E-state index contributed by atoms with van der Waals surface area (Å²) in [5, 5.41) is 0.415. The first kappa shape index (κ1) is 16.4. The highest BCUT2D eigenvalue weighted by atomic mass is 79.9. The van der Waals surface area contributed by atoms with Gasteiger partial charge in [-0.3, -0.25) is 4.72 Å². The van der Waals surface area contributed by atoms with Crippen LogP contribution >= 0.6 is 39.1 Å². The SMILES string of the molecule is Nc1cc(Br)c(F)c(S(=O)(=O)Nc2cc(Cl)ccc2Cl)c1. The molecular formula is C12H8BrCl2FN2O2S. The lowest BCUT2D eigenvalue weighted by atomic mass is 10.3. The Hall–Kier alpha value is -1.02. The van der Waals surface area contributed by atoms with E-state index in [2.05, 4.69) is 20.7 Å². The van der Waals surface area contributed by atoms with Gasteiger partial charge in [0.2, 0.25) is 0 Å². The van der Waals surface area contributed by atoms with Gasteiger partial charge in [-0.25, -0.2) is 12.8 Å². The maximum atomic E-state index is 14.0. The highest BCUT2D eigenvalue weighted by Gasteiger charge is 2.23. The molecule has 0 amide bonds. The number of nitrogens with two attached hydrogens (primary N) is 1. The smallest absolute Gasteiger partial charge is 0.264 e. The van der Waals surface area contributed by atoms with Crippen molar-refractivity contribution in [3.05, 3.63) is 50.7 Å². The lowest BCUT2D eigenvalue weighted by Gasteiger charge is -2.12. The summed E-state index contributed by atoms with van der Waals surface area (Å²) in [5.41, 5.74) is 5.68. The van der Waals surface area contributed by atoms with E-state index in [4.69, 9.17) is 28.9 Å². The first-order valence-electron chi connectivity index (χ1n) is 5.43. The molecule has 0 saturated heterocycles. The molecule has 0 aliphatic rings. The predicted octanol–water partition coefficient (Wildman–Crippen LogP) is 4.28. The lowest BCUT2D eigenvalue weighted by Crippen LogP contribution is -2.15. The molecule has 0 saturated carbocycles. The van der Waals surface area contributed by atoms with Crippen LogP contribution in [0.15, 0.2) is 39.7 Å². The second kappa shape index (κ2) is 6.00.